The number of thiophene rings is 1. The van der Waals surface area contributed by atoms with E-state index in [4.69, 9.17) is 5.11 Å². The van der Waals surface area contributed by atoms with Gasteiger partial charge in [-0.3, -0.25) is 9.59 Å². The quantitative estimate of drug-likeness (QED) is 0.666. The van der Waals surface area contributed by atoms with Gasteiger partial charge < -0.3 is 5.11 Å². The Kier molecular flexibility index (Phi) is 4.48. The van der Waals surface area contributed by atoms with Crippen molar-refractivity contribution in [3.63, 3.8) is 0 Å². The van der Waals surface area contributed by atoms with Gasteiger partial charge in [-0.05, 0) is 34.5 Å². The first-order chi connectivity index (χ1) is 6.91. The van der Waals surface area contributed by atoms with E-state index in [-0.39, 0.29) is 12.2 Å². The second kappa shape index (κ2) is 5.23. The van der Waals surface area contributed by atoms with Crippen molar-refractivity contribution in [2.75, 3.05) is 0 Å². The van der Waals surface area contributed by atoms with E-state index in [0.29, 0.717) is 4.88 Å². The van der Waals surface area contributed by atoms with Crippen LogP contribution in [0.4, 0.5) is 0 Å². The number of carbonyl (C=O) groups excluding carboxylic acids is 1. The summed E-state index contributed by atoms with van der Waals surface area (Å²) in [4.78, 5) is 22.1. The number of aryl methyl sites for hydroxylation is 1. The van der Waals surface area contributed by atoms with Crippen LogP contribution in [0.1, 0.15) is 21.7 Å². The van der Waals surface area contributed by atoms with E-state index in [9.17, 15) is 9.59 Å². The maximum absolute atomic E-state index is 11.7. The molecule has 1 unspecified atom stereocenters. The Morgan fingerprint density at radius 3 is 2.60 bits per heavy atom. The first-order valence-corrected chi connectivity index (χ1v) is 6.60. The molecule has 1 heterocycles. The zero-order valence-corrected chi connectivity index (χ0v) is 11.8. The Morgan fingerprint density at radius 1 is 1.60 bits per heavy atom. The molecule has 0 spiro atoms. The van der Waals surface area contributed by atoms with Crippen LogP contribution in [0, 0.1) is 6.92 Å². The molecule has 1 atom stereocenters. The SMILES string of the molecule is Cc1cc(C(=O)C(Br)CC(=O)O)sc1Br. The molecule has 1 N–H and O–H groups in total. The first kappa shape index (κ1) is 12.9. The van der Waals surface area contributed by atoms with E-state index in [1.807, 2.05) is 6.92 Å². The number of carboxylic acid groups (broad SMARTS) is 1. The number of ketones is 1. The lowest BCUT2D eigenvalue weighted by Crippen LogP contribution is -2.17. The van der Waals surface area contributed by atoms with Crippen LogP contribution < -0.4 is 0 Å². The Bertz CT molecular complexity index is 381. The van der Waals surface area contributed by atoms with Gasteiger partial charge in [0.1, 0.15) is 0 Å². The molecule has 15 heavy (non-hydrogen) atoms. The zero-order chi connectivity index (χ0) is 11.6. The van der Waals surface area contributed by atoms with Gasteiger partial charge in [-0.15, -0.1) is 11.3 Å². The summed E-state index contributed by atoms with van der Waals surface area (Å²) < 4.78 is 0.904. The number of Topliss-reactive ketones (excluding diaryl/α,β-unsaturated/α-hetero) is 1. The van der Waals surface area contributed by atoms with Crippen LogP contribution in [0.15, 0.2) is 9.85 Å². The average Bonchev–Trinajstić information content (AvgIpc) is 2.44. The van der Waals surface area contributed by atoms with Gasteiger partial charge >= 0.3 is 5.97 Å². The van der Waals surface area contributed by atoms with E-state index >= 15 is 0 Å². The molecule has 0 fully saturated rings. The van der Waals surface area contributed by atoms with E-state index in [0.717, 1.165) is 9.35 Å². The molecule has 1 aromatic heterocycles. The number of carboxylic acids is 1. The van der Waals surface area contributed by atoms with Gasteiger partial charge in [0, 0.05) is 0 Å². The predicted octanol–water partition coefficient (Wildman–Crippen LogP) is 3.24. The lowest BCUT2D eigenvalue weighted by Gasteiger charge is -2.02. The third-order valence-electron chi connectivity index (χ3n) is 1.74. The summed E-state index contributed by atoms with van der Waals surface area (Å²) in [7, 11) is 0. The van der Waals surface area contributed by atoms with Gasteiger partial charge in [-0.2, -0.15) is 0 Å². The van der Waals surface area contributed by atoms with Gasteiger partial charge in [-0.25, -0.2) is 0 Å². The molecular formula is C9H8Br2O3S. The first-order valence-electron chi connectivity index (χ1n) is 4.08. The van der Waals surface area contributed by atoms with E-state index in [2.05, 4.69) is 31.9 Å². The monoisotopic (exact) mass is 354 g/mol. The smallest absolute Gasteiger partial charge is 0.304 e. The number of carbonyl (C=O) groups is 2. The van der Waals surface area contributed by atoms with Crippen molar-refractivity contribution in [3.8, 4) is 0 Å². The number of alkyl halides is 1. The van der Waals surface area contributed by atoms with E-state index in [1.54, 1.807) is 6.07 Å². The van der Waals surface area contributed by atoms with Gasteiger partial charge in [0.05, 0.1) is 19.9 Å². The Morgan fingerprint density at radius 2 is 2.20 bits per heavy atom. The summed E-state index contributed by atoms with van der Waals surface area (Å²) in [5, 5.41) is 8.55. The molecule has 0 aromatic carbocycles. The maximum Gasteiger partial charge on any atom is 0.304 e. The van der Waals surface area contributed by atoms with Gasteiger partial charge in [0.25, 0.3) is 0 Å². The molecule has 0 aliphatic rings. The molecule has 0 saturated heterocycles. The Hall–Kier alpha value is -0.200. The minimum Gasteiger partial charge on any atom is -0.481 e. The highest BCUT2D eigenvalue weighted by Gasteiger charge is 2.22. The van der Waals surface area contributed by atoms with Crippen LogP contribution in [0.25, 0.3) is 0 Å². The molecule has 0 saturated carbocycles. The fourth-order valence-electron chi connectivity index (χ4n) is 0.982. The van der Waals surface area contributed by atoms with Crippen LogP contribution >= 0.6 is 43.2 Å². The lowest BCUT2D eigenvalue weighted by atomic mass is 10.2. The third-order valence-corrected chi connectivity index (χ3v) is 4.63. The van der Waals surface area contributed by atoms with Gasteiger partial charge in [-0.1, -0.05) is 15.9 Å². The number of rotatable bonds is 4. The molecule has 0 aliphatic heterocycles. The highest BCUT2D eigenvalue weighted by atomic mass is 79.9. The molecule has 82 valence electrons. The van der Waals surface area contributed by atoms with Crippen molar-refractivity contribution in [1.82, 2.24) is 0 Å². The normalized spacial score (nSPS) is 12.5. The molecule has 0 aliphatic carbocycles. The third kappa shape index (κ3) is 3.39. The highest BCUT2D eigenvalue weighted by molar-refractivity contribution is 9.11. The largest absolute Gasteiger partial charge is 0.481 e. The summed E-state index contributed by atoms with van der Waals surface area (Å²) in [6.07, 6.45) is -0.201. The second-order valence-corrected chi connectivity index (χ2v) is 6.47. The van der Waals surface area contributed by atoms with Crippen molar-refractivity contribution in [1.29, 1.82) is 0 Å². The highest BCUT2D eigenvalue weighted by Crippen LogP contribution is 2.29. The summed E-state index contributed by atoms with van der Waals surface area (Å²) in [6.45, 7) is 1.89. The topological polar surface area (TPSA) is 54.4 Å². The standard InChI is InChI=1S/C9H8Br2O3S/c1-4-2-6(15-9(4)11)8(14)5(10)3-7(12)13/h2,5H,3H2,1H3,(H,12,13). The molecule has 3 nitrogen and oxygen atoms in total. The Labute approximate surface area is 108 Å². The second-order valence-electron chi connectivity index (χ2n) is 3.00. The fourth-order valence-corrected chi connectivity index (χ4v) is 3.19. The molecule has 6 heteroatoms. The summed E-state index contributed by atoms with van der Waals surface area (Å²) >= 11 is 7.72. The van der Waals surface area contributed by atoms with Gasteiger partial charge in [0.15, 0.2) is 5.78 Å². The lowest BCUT2D eigenvalue weighted by molar-refractivity contribution is -0.136. The molecule has 0 bridgehead atoms. The summed E-state index contributed by atoms with van der Waals surface area (Å²) in [6, 6.07) is 1.76. The van der Waals surface area contributed by atoms with E-state index < -0.39 is 10.8 Å². The maximum atomic E-state index is 11.7. The minimum absolute atomic E-state index is 0.184. The molecule has 1 aromatic rings. The van der Waals surface area contributed by atoms with Crippen molar-refractivity contribution < 1.29 is 14.7 Å². The van der Waals surface area contributed by atoms with Crippen LogP contribution in [0.5, 0.6) is 0 Å². The van der Waals surface area contributed by atoms with Crippen molar-refractivity contribution in [2.45, 2.75) is 18.2 Å². The summed E-state index contributed by atoms with van der Waals surface area (Å²) in [5.74, 6) is -1.17. The van der Waals surface area contributed by atoms with Crippen LogP contribution in [0.2, 0.25) is 0 Å². The molecular weight excluding hydrogens is 348 g/mol. The van der Waals surface area contributed by atoms with Gasteiger partial charge in [0.2, 0.25) is 0 Å². The molecule has 1 rings (SSSR count). The number of hydrogen-bond acceptors (Lipinski definition) is 3. The molecule has 0 amide bonds. The number of aliphatic carboxylic acids is 1. The Balaban J connectivity index is 2.80. The number of hydrogen-bond donors (Lipinski definition) is 1. The predicted molar refractivity (Wildman–Crippen MR) is 66.1 cm³/mol. The molecule has 0 radical (unpaired) electrons. The average molecular weight is 356 g/mol. The minimum atomic E-state index is -0.988. The van der Waals surface area contributed by atoms with Crippen LogP contribution in [0.3, 0.4) is 0 Å². The number of halogens is 2. The van der Waals surface area contributed by atoms with Crippen molar-refractivity contribution in [3.05, 3.63) is 20.3 Å². The van der Waals surface area contributed by atoms with Crippen molar-refractivity contribution in [2.24, 2.45) is 0 Å². The fraction of sp³-hybridized carbons (Fsp3) is 0.333. The van der Waals surface area contributed by atoms with E-state index in [1.165, 1.54) is 11.3 Å². The van der Waals surface area contributed by atoms with Crippen LogP contribution in [-0.4, -0.2) is 21.7 Å². The summed E-state index contributed by atoms with van der Waals surface area (Å²) in [5.41, 5.74) is 0.985. The van der Waals surface area contributed by atoms with Crippen molar-refractivity contribution >= 4 is 54.9 Å². The zero-order valence-electron chi connectivity index (χ0n) is 7.79. The van der Waals surface area contributed by atoms with Crippen LogP contribution in [-0.2, 0) is 4.79 Å².